The van der Waals surface area contributed by atoms with Crippen molar-refractivity contribution in [3.8, 4) is 0 Å². The number of carboxylic acid groups (broad SMARTS) is 1. The standard InChI is InChI=1S/C17H22N2O3/c1-4-17(3,16(21)22)19-15(20)8-6-12-10-18-14-7-5-11(2)9-13(12)14/h5,7,9-10,18H,4,6,8H2,1-3H3,(H,19,20)(H,21,22). The second-order valence-corrected chi connectivity index (χ2v) is 5.90. The van der Waals surface area contributed by atoms with E-state index < -0.39 is 11.5 Å². The molecule has 0 saturated carbocycles. The van der Waals surface area contributed by atoms with E-state index in [1.807, 2.05) is 25.3 Å². The summed E-state index contributed by atoms with van der Waals surface area (Å²) in [6.07, 6.45) is 3.10. The Hall–Kier alpha value is -2.30. The molecule has 2 rings (SSSR count). The highest BCUT2D eigenvalue weighted by atomic mass is 16.4. The number of benzene rings is 1. The van der Waals surface area contributed by atoms with E-state index in [4.69, 9.17) is 0 Å². The normalized spacial score (nSPS) is 13.8. The number of H-pyrrole nitrogens is 1. The van der Waals surface area contributed by atoms with Gasteiger partial charge in [-0.05, 0) is 44.4 Å². The number of aryl methyl sites for hydroxylation is 2. The van der Waals surface area contributed by atoms with Gasteiger partial charge in [-0.25, -0.2) is 4.79 Å². The molecule has 1 heterocycles. The van der Waals surface area contributed by atoms with Gasteiger partial charge in [0.15, 0.2) is 0 Å². The van der Waals surface area contributed by atoms with Crippen LogP contribution in [-0.4, -0.2) is 27.5 Å². The van der Waals surface area contributed by atoms with Crippen LogP contribution in [0.15, 0.2) is 24.4 Å². The number of carbonyl (C=O) groups excluding carboxylic acids is 1. The number of aromatic amines is 1. The molecule has 0 bridgehead atoms. The zero-order valence-electron chi connectivity index (χ0n) is 13.2. The molecule has 1 unspecified atom stereocenters. The Morgan fingerprint density at radius 3 is 2.73 bits per heavy atom. The van der Waals surface area contributed by atoms with Gasteiger partial charge in [0.1, 0.15) is 5.54 Å². The summed E-state index contributed by atoms with van der Waals surface area (Å²) >= 11 is 0. The summed E-state index contributed by atoms with van der Waals surface area (Å²) in [4.78, 5) is 26.4. The number of aliphatic carboxylic acids is 1. The highest BCUT2D eigenvalue weighted by Crippen LogP contribution is 2.21. The smallest absolute Gasteiger partial charge is 0.329 e. The predicted molar refractivity (Wildman–Crippen MR) is 85.8 cm³/mol. The molecule has 2 aromatic rings. The minimum absolute atomic E-state index is 0.242. The summed E-state index contributed by atoms with van der Waals surface area (Å²) in [7, 11) is 0. The third-order valence-corrected chi connectivity index (χ3v) is 4.14. The van der Waals surface area contributed by atoms with Gasteiger partial charge in [-0.3, -0.25) is 4.79 Å². The largest absolute Gasteiger partial charge is 0.480 e. The molecular weight excluding hydrogens is 280 g/mol. The van der Waals surface area contributed by atoms with Crippen molar-refractivity contribution in [3.63, 3.8) is 0 Å². The van der Waals surface area contributed by atoms with Crippen LogP contribution in [0.3, 0.4) is 0 Å². The molecule has 22 heavy (non-hydrogen) atoms. The van der Waals surface area contributed by atoms with Gasteiger partial charge in [-0.2, -0.15) is 0 Å². The molecule has 0 aliphatic rings. The number of amides is 1. The lowest BCUT2D eigenvalue weighted by atomic mass is 9.98. The Balaban J connectivity index is 2.04. The van der Waals surface area contributed by atoms with E-state index in [1.54, 1.807) is 6.92 Å². The second kappa shape index (κ2) is 6.22. The lowest BCUT2D eigenvalue weighted by Gasteiger charge is -2.24. The Morgan fingerprint density at radius 1 is 1.36 bits per heavy atom. The molecule has 1 aromatic heterocycles. The van der Waals surface area contributed by atoms with E-state index in [1.165, 1.54) is 12.5 Å². The number of carbonyl (C=O) groups is 2. The van der Waals surface area contributed by atoms with Crippen LogP contribution in [-0.2, 0) is 16.0 Å². The molecule has 0 saturated heterocycles. The van der Waals surface area contributed by atoms with Crippen molar-refractivity contribution in [1.29, 1.82) is 0 Å². The zero-order valence-corrected chi connectivity index (χ0v) is 13.2. The molecule has 0 radical (unpaired) electrons. The Morgan fingerprint density at radius 2 is 2.09 bits per heavy atom. The first kappa shape index (κ1) is 16.1. The fourth-order valence-electron chi connectivity index (χ4n) is 2.41. The van der Waals surface area contributed by atoms with E-state index in [9.17, 15) is 14.7 Å². The van der Waals surface area contributed by atoms with Crippen molar-refractivity contribution < 1.29 is 14.7 Å². The highest BCUT2D eigenvalue weighted by Gasteiger charge is 2.32. The molecular formula is C17H22N2O3. The van der Waals surface area contributed by atoms with Gasteiger partial charge < -0.3 is 15.4 Å². The molecule has 5 heteroatoms. The molecule has 1 amide bonds. The number of fused-ring (bicyclic) bond motifs is 1. The number of aromatic nitrogens is 1. The van der Waals surface area contributed by atoms with Gasteiger partial charge in [0.25, 0.3) is 0 Å². The first-order valence-corrected chi connectivity index (χ1v) is 7.47. The Labute approximate surface area is 129 Å². The van der Waals surface area contributed by atoms with Crippen molar-refractivity contribution in [2.45, 2.75) is 45.6 Å². The van der Waals surface area contributed by atoms with Gasteiger partial charge in [0.2, 0.25) is 5.91 Å². The van der Waals surface area contributed by atoms with Crippen LogP contribution in [0, 0.1) is 6.92 Å². The predicted octanol–water partition coefficient (Wildman–Crippen LogP) is 2.78. The third-order valence-electron chi connectivity index (χ3n) is 4.14. The van der Waals surface area contributed by atoms with Gasteiger partial charge in [-0.1, -0.05) is 18.6 Å². The molecule has 3 N–H and O–H groups in total. The summed E-state index contributed by atoms with van der Waals surface area (Å²) in [6, 6.07) is 6.15. The van der Waals surface area contributed by atoms with Crippen LogP contribution in [0.2, 0.25) is 0 Å². The Bertz CT molecular complexity index is 705. The van der Waals surface area contributed by atoms with E-state index in [2.05, 4.69) is 16.4 Å². The number of hydrogen-bond donors (Lipinski definition) is 3. The van der Waals surface area contributed by atoms with Crippen LogP contribution in [0.25, 0.3) is 10.9 Å². The lowest BCUT2D eigenvalue weighted by molar-refractivity contribution is -0.147. The maximum absolute atomic E-state index is 12.0. The summed E-state index contributed by atoms with van der Waals surface area (Å²) in [5.74, 6) is -1.25. The second-order valence-electron chi connectivity index (χ2n) is 5.90. The summed E-state index contributed by atoms with van der Waals surface area (Å²) in [6.45, 7) is 5.31. The quantitative estimate of drug-likeness (QED) is 0.767. The van der Waals surface area contributed by atoms with Gasteiger partial charge in [0.05, 0.1) is 0 Å². The number of nitrogens with one attached hydrogen (secondary N) is 2. The molecule has 0 aliphatic heterocycles. The summed E-state index contributed by atoms with van der Waals surface area (Å²) in [5.41, 5.74) is 2.09. The fourth-order valence-corrected chi connectivity index (χ4v) is 2.41. The number of carboxylic acids is 1. The highest BCUT2D eigenvalue weighted by molar-refractivity contribution is 5.88. The molecule has 118 valence electrons. The number of rotatable bonds is 6. The van der Waals surface area contributed by atoms with Gasteiger partial charge in [-0.15, -0.1) is 0 Å². The van der Waals surface area contributed by atoms with Crippen molar-refractivity contribution in [3.05, 3.63) is 35.5 Å². The van der Waals surface area contributed by atoms with E-state index in [0.717, 1.165) is 16.5 Å². The third kappa shape index (κ3) is 3.30. The zero-order chi connectivity index (χ0) is 16.3. The van der Waals surface area contributed by atoms with Crippen LogP contribution in [0.5, 0.6) is 0 Å². The van der Waals surface area contributed by atoms with E-state index in [-0.39, 0.29) is 12.3 Å². The Kier molecular flexibility index (Phi) is 4.54. The fraction of sp³-hybridized carbons (Fsp3) is 0.412. The number of hydrogen-bond acceptors (Lipinski definition) is 2. The molecule has 1 aromatic carbocycles. The monoisotopic (exact) mass is 302 g/mol. The minimum Gasteiger partial charge on any atom is -0.480 e. The lowest BCUT2D eigenvalue weighted by Crippen LogP contribution is -2.51. The van der Waals surface area contributed by atoms with E-state index in [0.29, 0.717) is 12.8 Å². The summed E-state index contributed by atoms with van der Waals surface area (Å²) < 4.78 is 0. The van der Waals surface area contributed by atoms with Crippen molar-refractivity contribution in [2.75, 3.05) is 0 Å². The van der Waals surface area contributed by atoms with Crippen molar-refractivity contribution in [1.82, 2.24) is 10.3 Å². The SMILES string of the molecule is CCC(C)(NC(=O)CCc1c[nH]c2ccc(C)cc12)C(=O)O. The summed E-state index contributed by atoms with van der Waals surface area (Å²) in [5, 5.41) is 12.9. The minimum atomic E-state index is -1.20. The first-order chi connectivity index (χ1) is 10.4. The molecule has 0 aliphatic carbocycles. The van der Waals surface area contributed by atoms with E-state index >= 15 is 0 Å². The van der Waals surface area contributed by atoms with Crippen LogP contribution < -0.4 is 5.32 Å². The molecule has 5 nitrogen and oxygen atoms in total. The van der Waals surface area contributed by atoms with Gasteiger partial charge >= 0.3 is 5.97 Å². The van der Waals surface area contributed by atoms with Crippen LogP contribution in [0.4, 0.5) is 0 Å². The maximum atomic E-state index is 12.0. The van der Waals surface area contributed by atoms with Crippen LogP contribution in [0.1, 0.15) is 37.8 Å². The maximum Gasteiger partial charge on any atom is 0.329 e. The average molecular weight is 302 g/mol. The molecule has 0 spiro atoms. The van der Waals surface area contributed by atoms with Crippen LogP contribution >= 0.6 is 0 Å². The first-order valence-electron chi connectivity index (χ1n) is 7.47. The van der Waals surface area contributed by atoms with Crippen molar-refractivity contribution >= 4 is 22.8 Å². The van der Waals surface area contributed by atoms with Crippen molar-refractivity contribution in [2.24, 2.45) is 0 Å². The van der Waals surface area contributed by atoms with Gasteiger partial charge in [0, 0.05) is 23.5 Å². The molecule has 1 atom stereocenters. The average Bonchev–Trinajstić information content (AvgIpc) is 2.87. The molecule has 0 fully saturated rings. The topological polar surface area (TPSA) is 82.2 Å².